The van der Waals surface area contributed by atoms with Crippen LogP contribution in [0.1, 0.15) is 24.0 Å². The van der Waals surface area contributed by atoms with Crippen molar-refractivity contribution < 1.29 is 4.39 Å². The summed E-state index contributed by atoms with van der Waals surface area (Å²) in [7, 11) is 0. The lowest BCUT2D eigenvalue weighted by molar-refractivity contribution is 0.0620. The van der Waals surface area contributed by atoms with Crippen molar-refractivity contribution in [3.8, 4) is 0 Å². The Morgan fingerprint density at radius 3 is 2.35 bits per heavy atom. The summed E-state index contributed by atoms with van der Waals surface area (Å²) in [6, 6.07) is 8.54. The average molecular weight is 236 g/mol. The van der Waals surface area contributed by atoms with Crippen LogP contribution in [0.25, 0.3) is 0 Å². The maximum atomic E-state index is 13.9. The first kappa shape index (κ1) is 12.5. The number of hydrogen-bond acceptors (Lipinski definition) is 2. The van der Waals surface area contributed by atoms with E-state index in [1.54, 1.807) is 0 Å². The molecule has 2 nitrogen and oxygen atoms in total. The molecule has 17 heavy (non-hydrogen) atoms. The SMILES string of the molecule is Cc1ccc(CN2CCC(F)(CN)CC2)cc1. The van der Waals surface area contributed by atoms with Crippen LogP contribution in [0, 0.1) is 6.92 Å². The molecule has 0 radical (unpaired) electrons. The number of halogens is 1. The predicted molar refractivity (Wildman–Crippen MR) is 68.6 cm³/mol. The maximum absolute atomic E-state index is 13.9. The average Bonchev–Trinajstić information content (AvgIpc) is 2.35. The van der Waals surface area contributed by atoms with Crippen LogP contribution in [-0.2, 0) is 6.54 Å². The van der Waals surface area contributed by atoms with Gasteiger partial charge in [0, 0.05) is 26.2 Å². The van der Waals surface area contributed by atoms with Gasteiger partial charge in [0.2, 0.25) is 0 Å². The lowest BCUT2D eigenvalue weighted by Gasteiger charge is -2.35. The number of aryl methyl sites for hydroxylation is 1. The fraction of sp³-hybridized carbons (Fsp3) is 0.571. The number of likely N-dealkylation sites (tertiary alicyclic amines) is 1. The van der Waals surface area contributed by atoms with Crippen molar-refractivity contribution in [2.24, 2.45) is 5.73 Å². The van der Waals surface area contributed by atoms with E-state index in [9.17, 15) is 4.39 Å². The Morgan fingerprint density at radius 1 is 1.24 bits per heavy atom. The smallest absolute Gasteiger partial charge is 0.125 e. The molecular formula is C14H21FN2. The van der Waals surface area contributed by atoms with Crippen molar-refractivity contribution in [1.29, 1.82) is 0 Å². The van der Waals surface area contributed by atoms with Crippen molar-refractivity contribution in [3.63, 3.8) is 0 Å². The zero-order chi connectivity index (χ0) is 12.3. The van der Waals surface area contributed by atoms with Crippen LogP contribution in [0.15, 0.2) is 24.3 Å². The number of nitrogens with two attached hydrogens (primary N) is 1. The minimum atomic E-state index is -1.12. The number of piperidine rings is 1. The molecule has 0 aromatic heterocycles. The van der Waals surface area contributed by atoms with Crippen LogP contribution in [0.5, 0.6) is 0 Å². The summed E-state index contributed by atoms with van der Waals surface area (Å²) in [4.78, 5) is 2.30. The normalized spacial score (nSPS) is 20.4. The zero-order valence-electron chi connectivity index (χ0n) is 10.5. The Labute approximate surface area is 103 Å². The Morgan fingerprint density at radius 2 is 1.82 bits per heavy atom. The van der Waals surface area contributed by atoms with Gasteiger partial charge in [0.25, 0.3) is 0 Å². The Hall–Kier alpha value is -0.930. The first-order valence-corrected chi connectivity index (χ1v) is 6.28. The molecule has 0 aliphatic carbocycles. The second-order valence-corrected chi connectivity index (χ2v) is 5.12. The first-order chi connectivity index (χ1) is 8.11. The number of rotatable bonds is 3. The third-order valence-corrected chi connectivity index (χ3v) is 3.64. The fourth-order valence-corrected chi connectivity index (χ4v) is 2.27. The quantitative estimate of drug-likeness (QED) is 0.872. The zero-order valence-corrected chi connectivity index (χ0v) is 10.5. The highest BCUT2D eigenvalue weighted by Crippen LogP contribution is 2.26. The third-order valence-electron chi connectivity index (χ3n) is 3.64. The molecular weight excluding hydrogens is 215 g/mol. The minimum absolute atomic E-state index is 0.158. The van der Waals surface area contributed by atoms with Crippen molar-refractivity contribution in [2.45, 2.75) is 32.0 Å². The van der Waals surface area contributed by atoms with Gasteiger partial charge in [-0.3, -0.25) is 4.90 Å². The predicted octanol–water partition coefficient (Wildman–Crippen LogP) is 2.26. The Bertz CT molecular complexity index is 353. The van der Waals surface area contributed by atoms with Gasteiger partial charge >= 0.3 is 0 Å². The summed E-state index contributed by atoms with van der Waals surface area (Å²) in [6.07, 6.45) is 1.13. The van der Waals surface area contributed by atoms with E-state index in [1.807, 2.05) is 0 Å². The van der Waals surface area contributed by atoms with Crippen LogP contribution in [0.3, 0.4) is 0 Å². The van der Waals surface area contributed by atoms with Crippen LogP contribution >= 0.6 is 0 Å². The number of benzene rings is 1. The summed E-state index contributed by atoms with van der Waals surface area (Å²) < 4.78 is 13.9. The van der Waals surface area contributed by atoms with Crippen molar-refractivity contribution in [1.82, 2.24) is 4.90 Å². The molecule has 1 fully saturated rings. The molecule has 0 unspecified atom stereocenters. The molecule has 94 valence electrons. The lowest BCUT2D eigenvalue weighted by atomic mass is 9.93. The first-order valence-electron chi connectivity index (χ1n) is 6.28. The maximum Gasteiger partial charge on any atom is 0.125 e. The van der Waals surface area contributed by atoms with E-state index in [-0.39, 0.29) is 6.54 Å². The molecule has 2 rings (SSSR count). The molecule has 0 saturated carbocycles. The molecule has 1 aliphatic heterocycles. The fourth-order valence-electron chi connectivity index (χ4n) is 2.27. The van der Waals surface area contributed by atoms with Crippen LogP contribution < -0.4 is 5.73 Å². The molecule has 1 saturated heterocycles. The van der Waals surface area contributed by atoms with Gasteiger partial charge in [-0.1, -0.05) is 29.8 Å². The summed E-state index contributed by atoms with van der Waals surface area (Å²) in [5, 5.41) is 0. The van der Waals surface area contributed by atoms with Crippen molar-refractivity contribution in [3.05, 3.63) is 35.4 Å². The van der Waals surface area contributed by atoms with E-state index >= 15 is 0 Å². The summed E-state index contributed by atoms with van der Waals surface area (Å²) in [6.45, 7) is 4.78. The van der Waals surface area contributed by atoms with Gasteiger partial charge < -0.3 is 5.73 Å². The van der Waals surface area contributed by atoms with E-state index in [1.165, 1.54) is 11.1 Å². The van der Waals surface area contributed by atoms with Gasteiger partial charge in [-0.05, 0) is 25.3 Å². The lowest BCUT2D eigenvalue weighted by Crippen LogP contribution is -2.45. The van der Waals surface area contributed by atoms with E-state index in [0.29, 0.717) is 12.8 Å². The van der Waals surface area contributed by atoms with E-state index in [2.05, 4.69) is 36.1 Å². The molecule has 1 aromatic carbocycles. The van der Waals surface area contributed by atoms with Crippen molar-refractivity contribution >= 4 is 0 Å². The van der Waals surface area contributed by atoms with Gasteiger partial charge in [0.1, 0.15) is 5.67 Å². The van der Waals surface area contributed by atoms with Gasteiger partial charge in [0.05, 0.1) is 0 Å². The summed E-state index contributed by atoms with van der Waals surface area (Å²) >= 11 is 0. The van der Waals surface area contributed by atoms with E-state index in [0.717, 1.165) is 19.6 Å². The molecule has 0 spiro atoms. The molecule has 0 atom stereocenters. The van der Waals surface area contributed by atoms with Gasteiger partial charge in [-0.2, -0.15) is 0 Å². The Balaban J connectivity index is 1.88. The standard InChI is InChI=1S/C14H21FN2/c1-12-2-4-13(5-3-12)10-17-8-6-14(15,11-16)7-9-17/h2-5H,6-11,16H2,1H3. The van der Waals surface area contributed by atoms with Gasteiger partial charge in [-0.25, -0.2) is 4.39 Å². The third kappa shape index (κ3) is 3.27. The number of hydrogen-bond donors (Lipinski definition) is 1. The van der Waals surface area contributed by atoms with Crippen LogP contribution in [0.2, 0.25) is 0 Å². The second-order valence-electron chi connectivity index (χ2n) is 5.12. The molecule has 3 heteroatoms. The number of alkyl halides is 1. The van der Waals surface area contributed by atoms with Crippen molar-refractivity contribution in [2.75, 3.05) is 19.6 Å². The highest BCUT2D eigenvalue weighted by molar-refractivity contribution is 5.21. The Kier molecular flexibility index (Phi) is 3.79. The van der Waals surface area contributed by atoms with Crippen LogP contribution in [-0.4, -0.2) is 30.2 Å². The number of nitrogens with zero attached hydrogens (tertiary/aromatic N) is 1. The second kappa shape index (κ2) is 5.15. The summed E-state index contributed by atoms with van der Waals surface area (Å²) in [5.41, 5.74) is 6.91. The molecule has 1 heterocycles. The molecule has 0 bridgehead atoms. The van der Waals surface area contributed by atoms with E-state index < -0.39 is 5.67 Å². The van der Waals surface area contributed by atoms with Gasteiger partial charge in [-0.15, -0.1) is 0 Å². The molecule has 2 N–H and O–H groups in total. The van der Waals surface area contributed by atoms with E-state index in [4.69, 9.17) is 5.73 Å². The largest absolute Gasteiger partial charge is 0.328 e. The van der Waals surface area contributed by atoms with Crippen LogP contribution in [0.4, 0.5) is 4.39 Å². The molecule has 0 amide bonds. The highest BCUT2D eigenvalue weighted by Gasteiger charge is 2.32. The molecule has 1 aromatic rings. The van der Waals surface area contributed by atoms with Gasteiger partial charge in [0.15, 0.2) is 0 Å². The monoisotopic (exact) mass is 236 g/mol. The molecule has 1 aliphatic rings. The topological polar surface area (TPSA) is 29.3 Å². The highest BCUT2D eigenvalue weighted by atomic mass is 19.1. The summed E-state index contributed by atoms with van der Waals surface area (Å²) in [5.74, 6) is 0. The minimum Gasteiger partial charge on any atom is -0.328 e.